The number of hydrogen-bond acceptors (Lipinski definition) is 4. The fraction of sp³-hybridized carbons (Fsp3) is 0.143. The van der Waals surface area contributed by atoms with E-state index in [4.69, 9.17) is 5.26 Å². The molecule has 12 heavy (non-hydrogen) atoms. The van der Waals surface area contributed by atoms with Crippen LogP contribution in [0.2, 0.25) is 0 Å². The van der Waals surface area contributed by atoms with Gasteiger partial charge in [-0.2, -0.15) is 5.26 Å². The summed E-state index contributed by atoms with van der Waals surface area (Å²) in [4.78, 5) is 3.61. The van der Waals surface area contributed by atoms with Gasteiger partial charge in [-0.05, 0) is 12.1 Å². The monoisotopic (exact) mass is 182 g/mol. The number of sulfone groups is 1. The maximum absolute atomic E-state index is 10.9. The first kappa shape index (κ1) is 8.68. The Balaban J connectivity index is 3.32. The molecule has 0 aliphatic rings. The summed E-state index contributed by atoms with van der Waals surface area (Å²) in [6, 6.07) is 6.06. The molecule has 62 valence electrons. The molecule has 0 saturated heterocycles. The minimum absolute atomic E-state index is 0.0680. The summed E-state index contributed by atoms with van der Waals surface area (Å²) in [7, 11) is -3.30. The fourth-order valence-electron chi connectivity index (χ4n) is 0.684. The van der Waals surface area contributed by atoms with E-state index in [9.17, 15) is 8.42 Å². The first-order chi connectivity index (χ1) is 5.54. The highest BCUT2D eigenvalue weighted by Crippen LogP contribution is 2.04. The lowest BCUT2D eigenvalue weighted by molar-refractivity contribution is 0.598. The molecule has 1 aromatic heterocycles. The van der Waals surface area contributed by atoms with Crippen molar-refractivity contribution in [3.8, 4) is 6.07 Å². The maximum Gasteiger partial charge on any atom is 0.192 e. The van der Waals surface area contributed by atoms with Crippen LogP contribution in [0.25, 0.3) is 0 Å². The SMILES string of the molecule is CS(=O)(=O)c1cccc(C#N)n1. The van der Waals surface area contributed by atoms with Crippen molar-refractivity contribution in [2.75, 3.05) is 6.26 Å². The van der Waals surface area contributed by atoms with Gasteiger partial charge in [-0.3, -0.25) is 0 Å². The van der Waals surface area contributed by atoms with E-state index in [0.717, 1.165) is 6.26 Å². The molecule has 0 aromatic carbocycles. The van der Waals surface area contributed by atoms with E-state index in [0.29, 0.717) is 0 Å². The van der Waals surface area contributed by atoms with Crippen molar-refractivity contribution < 1.29 is 8.42 Å². The van der Waals surface area contributed by atoms with Gasteiger partial charge >= 0.3 is 0 Å². The van der Waals surface area contributed by atoms with Gasteiger partial charge in [0.15, 0.2) is 14.9 Å². The number of pyridine rings is 1. The summed E-state index contributed by atoms with van der Waals surface area (Å²) in [5, 5.41) is 8.35. The van der Waals surface area contributed by atoms with Crippen molar-refractivity contribution in [3.63, 3.8) is 0 Å². The Morgan fingerprint density at radius 2 is 2.17 bits per heavy atom. The smallest absolute Gasteiger partial charge is 0.192 e. The Bertz CT molecular complexity index is 431. The van der Waals surface area contributed by atoms with Crippen molar-refractivity contribution >= 4 is 9.84 Å². The summed E-state index contributed by atoms with van der Waals surface area (Å²) in [5.74, 6) is 0. The summed E-state index contributed by atoms with van der Waals surface area (Å²) < 4.78 is 21.9. The largest absolute Gasteiger partial charge is 0.226 e. The average Bonchev–Trinajstić information content (AvgIpc) is 2.03. The van der Waals surface area contributed by atoms with Crippen LogP contribution in [0.15, 0.2) is 23.2 Å². The third-order valence-electron chi connectivity index (χ3n) is 1.22. The van der Waals surface area contributed by atoms with Gasteiger partial charge in [0.25, 0.3) is 0 Å². The second-order valence-corrected chi connectivity index (χ2v) is 4.21. The molecule has 0 atom stereocenters. The van der Waals surface area contributed by atoms with Crippen LogP contribution in [0.5, 0.6) is 0 Å². The number of aromatic nitrogens is 1. The lowest BCUT2D eigenvalue weighted by Gasteiger charge is -1.95. The number of nitriles is 1. The zero-order valence-electron chi connectivity index (χ0n) is 6.35. The van der Waals surface area contributed by atoms with Gasteiger partial charge in [-0.25, -0.2) is 13.4 Å². The predicted octanol–water partition coefficient (Wildman–Crippen LogP) is 0.357. The van der Waals surface area contributed by atoms with Crippen LogP contribution in [0.3, 0.4) is 0 Å². The third kappa shape index (κ3) is 1.80. The molecule has 0 unspecified atom stereocenters. The normalized spacial score (nSPS) is 10.7. The number of nitrogens with zero attached hydrogens (tertiary/aromatic N) is 2. The topological polar surface area (TPSA) is 70.8 Å². The zero-order chi connectivity index (χ0) is 9.19. The van der Waals surface area contributed by atoms with Crippen molar-refractivity contribution in [1.29, 1.82) is 5.26 Å². The van der Waals surface area contributed by atoms with E-state index < -0.39 is 9.84 Å². The minimum Gasteiger partial charge on any atom is -0.226 e. The molecule has 0 amide bonds. The Morgan fingerprint density at radius 1 is 1.50 bits per heavy atom. The highest BCUT2D eigenvalue weighted by molar-refractivity contribution is 7.90. The van der Waals surface area contributed by atoms with Crippen LogP contribution in [0.1, 0.15) is 5.69 Å². The maximum atomic E-state index is 10.9. The Kier molecular flexibility index (Phi) is 2.11. The van der Waals surface area contributed by atoms with Gasteiger partial charge < -0.3 is 0 Å². The predicted molar refractivity (Wildman–Crippen MR) is 42.1 cm³/mol. The van der Waals surface area contributed by atoms with Crippen molar-refractivity contribution in [2.45, 2.75) is 5.03 Å². The average molecular weight is 182 g/mol. The molecule has 0 aliphatic heterocycles. The lowest BCUT2D eigenvalue weighted by atomic mass is 10.4. The van der Waals surface area contributed by atoms with E-state index in [1.54, 1.807) is 6.07 Å². The number of hydrogen-bond donors (Lipinski definition) is 0. The molecule has 0 N–H and O–H groups in total. The van der Waals surface area contributed by atoms with Gasteiger partial charge in [0.05, 0.1) is 0 Å². The molecule has 0 fully saturated rings. The lowest BCUT2D eigenvalue weighted by Crippen LogP contribution is -2.00. The van der Waals surface area contributed by atoms with E-state index in [1.807, 2.05) is 0 Å². The molecule has 4 nitrogen and oxygen atoms in total. The third-order valence-corrected chi connectivity index (χ3v) is 2.21. The van der Waals surface area contributed by atoms with Crippen molar-refractivity contribution in [1.82, 2.24) is 4.98 Å². The van der Waals surface area contributed by atoms with Crippen LogP contribution in [0.4, 0.5) is 0 Å². The van der Waals surface area contributed by atoms with Gasteiger partial charge in [0.1, 0.15) is 11.8 Å². The highest BCUT2D eigenvalue weighted by atomic mass is 32.2. The highest BCUT2D eigenvalue weighted by Gasteiger charge is 2.08. The Hall–Kier alpha value is -1.41. The first-order valence-corrected chi connectivity index (χ1v) is 5.00. The van der Waals surface area contributed by atoms with Crippen molar-refractivity contribution in [2.24, 2.45) is 0 Å². The fourth-order valence-corrected chi connectivity index (χ4v) is 1.27. The molecule has 0 aliphatic carbocycles. The second-order valence-electron chi connectivity index (χ2n) is 2.25. The van der Waals surface area contributed by atoms with Crippen LogP contribution in [-0.2, 0) is 9.84 Å². The molecule has 5 heteroatoms. The Labute approximate surface area is 70.4 Å². The number of rotatable bonds is 1. The summed E-state index contributed by atoms with van der Waals surface area (Å²) >= 11 is 0. The standard InChI is InChI=1S/C7H6N2O2S/c1-12(10,11)7-4-2-3-6(5-8)9-7/h2-4H,1H3. The van der Waals surface area contributed by atoms with Crippen LogP contribution in [0, 0.1) is 11.3 Å². The Morgan fingerprint density at radius 3 is 2.67 bits per heavy atom. The quantitative estimate of drug-likeness (QED) is 0.628. The van der Waals surface area contributed by atoms with Crippen LogP contribution >= 0.6 is 0 Å². The zero-order valence-corrected chi connectivity index (χ0v) is 7.17. The molecule has 0 bridgehead atoms. The summed E-state index contributed by atoms with van der Waals surface area (Å²) in [6.07, 6.45) is 1.05. The van der Waals surface area contributed by atoms with E-state index >= 15 is 0 Å². The molecular formula is C7H6N2O2S. The summed E-state index contributed by atoms with van der Waals surface area (Å²) in [5.41, 5.74) is 0.109. The van der Waals surface area contributed by atoms with E-state index in [-0.39, 0.29) is 10.7 Å². The second kappa shape index (κ2) is 2.91. The van der Waals surface area contributed by atoms with Crippen LogP contribution in [-0.4, -0.2) is 19.7 Å². The molecule has 1 rings (SSSR count). The molecule has 1 heterocycles. The van der Waals surface area contributed by atoms with Gasteiger partial charge in [-0.1, -0.05) is 6.07 Å². The minimum atomic E-state index is -3.30. The van der Waals surface area contributed by atoms with Crippen molar-refractivity contribution in [3.05, 3.63) is 23.9 Å². The molecule has 0 radical (unpaired) electrons. The van der Waals surface area contributed by atoms with Gasteiger partial charge in [0, 0.05) is 6.26 Å². The van der Waals surface area contributed by atoms with Crippen LogP contribution < -0.4 is 0 Å². The van der Waals surface area contributed by atoms with Gasteiger partial charge in [0.2, 0.25) is 0 Å². The molecule has 0 spiro atoms. The molecular weight excluding hydrogens is 176 g/mol. The molecule has 0 saturated carbocycles. The van der Waals surface area contributed by atoms with E-state index in [1.165, 1.54) is 18.2 Å². The molecule has 1 aromatic rings. The van der Waals surface area contributed by atoms with Gasteiger partial charge in [-0.15, -0.1) is 0 Å². The van der Waals surface area contributed by atoms with E-state index in [2.05, 4.69) is 4.98 Å². The summed E-state index contributed by atoms with van der Waals surface area (Å²) in [6.45, 7) is 0. The first-order valence-electron chi connectivity index (χ1n) is 3.11.